The SMILES string of the molecule is NCc1ccc2cc(CNC3CCC3)oc2c1. The van der Waals surface area contributed by atoms with Crippen molar-refractivity contribution >= 4 is 11.0 Å². The minimum atomic E-state index is 0.562. The summed E-state index contributed by atoms with van der Waals surface area (Å²) in [6.45, 7) is 1.39. The quantitative estimate of drug-likeness (QED) is 0.848. The third-order valence-electron chi connectivity index (χ3n) is 3.54. The lowest BCUT2D eigenvalue weighted by atomic mass is 9.93. The van der Waals surface area contributed by atoms with Gasteiger partial charge in [0.2, 0.25) is 0 Å². The Bertz CT molecular complexity index is 514. The van der Waals surface area contributed by atoms with Crippen LogP contribution >= 0.6 is 0 Å². The lowest BCUT2D eigenvalue weighted by Gasteiger charge is -2.25. The summed E-state index contributed by atoms with van der Waals surface area (Å²) in [4.78, 5) is 0. The van der Waals surface area contributed by atoms with E-state index in [0.29, 0.717) is 12.6 Å². The van der Waals surface area contributed by atoms with Crippen molar-refractivity contribution in [1.82, 2.24) is 5.32 Å². The fourth-order valence-corrected chi connectivity index (χ4v) is 2.20. The van der Waals surface area contributed by atoms with Gasteiger partial charge in [-0.2, -0.15) is 0 Å². The van der Waals surface area contributed by atoms with Gasteiger partial charge in [-0.3, -0.25) is 0 Å². The number of fused-ring (bicyclic) bond motifs is 1. The van der Waals surface area contributed by atoms with Crippen LogP contribution < -0.4 is 11.1 Å². The number of nitrogens with one attached hydrogen (secondary N) is 1. The molecule has 0 atom stereocenters. The van der Waals surface area contributed by atoms with Crippen LogP contribution in [0, 0.1) is 0 Å². The van der Waals surface area contributed by atoms with Crippen molar-refractivity contribution in [3.63, 3.8) is 0 Å². The summed E-state index contributed by atoms with van der Waals surface area (Å²) < 4.78 is 5.81. The summed E-state index contributed by atoms with van der Waals surface area (Å²) >= 11 is 0. The topological polar surface area (TPSA) is 51.2 Å². The summed E-state index contributed by atoms with van der Waals surface area (Å²) in [6, 6.07) is 8.97. The van der Waals surface area contributed by atoms with Crippen LogP contribution in [-0.4, -0.2) is 6.04 Å². The van der Waals surface area contributed by atoms with Crippen LogP contribution in [0.25, 0.3) is 11.0 Å². The molecule has 0 radical (unpaired) electrons. The van der Waals surface area contributed by atoms with Gasteiger partial charge in [0.15, 0.2) is 0 Å². The maximum absolute atomic E-state index is 5.81. The average Bonchev–Trinajstić information content (AvgIpc) is 2.68. The van der Waals surface area contributed by atoms with Gasteiger partial charge in [-0.1, -0.05) is 18.6 Å². The van der Waals surface area contributed by atoms with E-state index in [4.69, 9.17) is 10.2 Å². The van der Waals surface area contributed by atoms with Crippen LogP contribution in [0.4, 0.5) is 0 Å². The normalized spacial score (nSPS) is 16.3. The zero-order chi connectivity index (χ0) is 11.7. The molecule has 3 nitrogen and oxygen atoms in total. The van der Waals surface area contributed by atoms with Crippen molar-refractivity contribution in [3.8, 4) is 0 Å². The van der Waals surface area contributed by atoms with Crippen molar-refractivity contribution in [3.05, 3.63) is 35.6 Å². The van der Waals surface area contributed by atoms with Crippen LogP contribution in [0.15, 0.2) is 28.7 Å². The second-order valence-corrected chi connectivity index (χ2v) is 4.80. The maximum Gasteiger partial charge on any atom is 0.134 e. The Morgan fingerprint density at radius 1 is 1.29 bits per heavy atom. The van der Waals surface area contributed by atoms with Gasteiger partial charge < -0.3 is 15.5 Å². The van der Waals surface area contributed by atoms with Crippen LogP contribution in [0.3, 0.4) is 0 Å². The van der Waals surface area contributed by atoms with E-state index in [2.05, 4.69) is 23.5 Å². The van der Waals surface area contributed by atoms with Gasteiger partial charge in [0.05, 0.1) is 6.54 Å². The molecule has 1 heterocycles. The summed E-state index contributed by atoms with van der Waals surface area (Å²) in [6.07, 6.45) is 3.97. The largest absolute Gasteiger partial charge is 0.460 e. The summed E-state index contributed by atoms with van der Waals surface area (Å²) in [5.74, 6) is 1.01. The fraction of sp³-hybridized carbons (Fsp3) is 0.429. The first kappa shape index (κ1) is 10.8. The standard InChI is InChI=1S/C14H18N2O/c15-8-10-4-5-11-7-13(17-14(11)6-10)9-16-12-2-1-3-12/h4-7,12,16H,1-3,8-9,15H2. The predicted octanol–water partition coefficient (Wildman–Crippen LogP) is 2.53. The van der Waals surface area contributed by atoms with Crippen molar-refractivity contribution in [2.45, 2.75) is 38.4 Å². The van der Waals surface area contributed by atoms with Crippen LogP contribution in [0.5, 0.6) is 0 Å². The van der Waals surface area contributed by atoms with Gasteiger partial charge in [-0.15, -0.1) is 0 Å². The van der Waals surface area contributed by atoms with E-state index in [9.17, 15) is 0 Å². The third-order valence-corrected chi connectivity index (χ3v) is 3.54. The summed E-state index contributed by atoms with van der Waals surface area (Å²) in [7, 11) is 0. The number of hydrogen-bond donors (Lipinski definition) is 2. The second kappa shape index (κ2) is 4.51. The molecule has 0 spiro atoms. The van der Waals surface area contributed by atoms with E-state index < -0.39 is 0 Å². The molecular formula is C14H18N2O. The van der Waals surface area contributed by atoms with E-state index in [1.165, 1.54) is 19.3 Å². The van der Waals surface area contributed by atoms with Crippen LogP contribution in [0.1, 0.15) is 30.6 Å². The molecule has 0 saturated heterocycles. The molecule has 0 bridgehead atoms. The highest BCUT2D eigenvalue weighted by molar-refractivity contribution is 5.78. The van der Waals surface area contributed by atoms with Gasteiger partial charge in [0.1, 0.15) is 11.3 Å². The molecule has 1 fully saturated rings. The monoisotopic (exact) mass is 230 g/mol. The molecule has 0 amide bonds. The summed E-state index contributed by atoms with van der Waals surface area (Å²) in [5, 5.41) is 4.67. The van der Waals surface area contributed by atoms with Crippen LogP contribution in [0.2, 0.25) is 0 Å². The molecule has 1 aliphatic rings. The molecule has 3 rings (SSSR count). The molecule has 3 heteroatoms. The average molecular weight is 230 g/mol. The molecule has 0 aliphatic heterocycles. The van der Waals surface area contributed by atoms with E-state index in [-0.39, 0.29) is 0 Å². The molecule has 3 N–H and O–H groups in total. The number of rotatable bonds is 4. The summed E-state index contributed by atoms with van der Waals surface area (Å²) in [5.41, 5.74) is 7.68. The zero-order valence-corrected chi connectivity index (χ0v) is 9.91. The fourth-order valence-electron chi connectivity index (χ4n) is 2.20. The van der Waals surface area contributed by atoms with Gasteiger partial charge >= 0.3 is 0 Å². The second-order valence-electron chi connectivity index (χ2n) is 4.80. The minimum Gasteiger partial charge on any atom is -0.460 e. The Balaban J connectivity index is 1.75. The Kier molecular flexibility index (Phi) is 2.87. The highest BCUT2D eigenvalue weighted by Crippen LogP contribution is 2.22. The molecule has 1 aliphatic carbocycles. The Labute approximate surface area is 101 Å². The van der Waals surface area contributed by atoms with Crippen LogP contribution in [-0.2, 0) is 13.1 Å². The van der Waals surface area contributed by atoms with E-state index in [1.807, 2.05) is 6.07 Å². The Morgan fingerprint density at radius 2 is 2.18 bits per heavy atom. The number of nitrogens with two attached hydrogens (primary N) is 1. The van der Waals surface area contributed by atoms with Gasteiger partial charge in [-0.25, -0.2) is 0 Å². The highest BCUT2D eigenvalue weighted by atomic mass is 16.3. The smallest absolute Gasteiger partial charge is 0.134 e. The van der Waals surface area contributed by atoms with E-state index >= 15 is 0 Å². The van der Waals surface area contributed by atoms with Crippen molar-refractivity contribution in [2.75, 3.05) is 0 Å². The van der Waals surface area contributed by atoms with Gasteiger partial charge in [0, 0.05) is 18.0 Å². The van der Waals surface area contributed by atoms with Crippen molar-refractivity contribution in [1.29, 1.82) is 0 Å². The number of furan rings is 1. The van der Waals surface area contributed by atoms with Crippen molar-refractivity contribution < 1.29 is 4.42 Å². The first-order valence-electron chi connectivity index (χ1n) is 6.30. The molecule has 1 saturated carbocycles. The molecule has 0 unspecified atom stereocenters. The maximum atomic E-state index is 5.81. The predicted molar refractivity (Wildman–Crippen MR) is 68.6 cm³/mol. The first-order valence-corrected chi connectivity index (χ1v) is 6.30. The molecule has 1 aromatic carbocycles. The highest BCUT2D eigenvalue weighted by Gasteiger charge is 2.16. The number of benzene rings is 1. The first-order chi connectivity index (χ1) is 8.35. The zero-order valence-electron chi connectivity index (χ0n) is 9.91. The molecule has 90 valence electrons. The Hall–Kier alpha value is -1.32. The van der Waals surface area contributed by atoms with E-state index in [0.717, 1.165) is 28.8 Å². The lowest BCUT2D eigenvalue weighted by molar-refractivity contribution is 0.327. The Morgan fingerprint density at radius 3 is 2.88 bits per heavy atom. The molecule has 17 heavy (non-hydrogen) atoms. The van der Waals surface area contributed by atoms with Gasteiger partial charge in [-0.05, 0) is 30.5 Å². The molecular weight excluding hydrogens is 212 g/mol. The van der Waals surface area contributed by atoms with Gasteiger partial charge in [0.25, 0.3) is 0 Å². The lowest BCUT2D eigenvalue weighted by Crippen LogP contribution is -2.34. The number of hydrogen-bond acceptors (Lipinski definition) is 3. The molecule has 1 aromatic heterocycles. The minimum absolute atomic E-state index is 0.562. The third kappa shape index (κ3) is 2.21. The molecule has 2 aromatic rings. The van der Waals surface area contributed by atoms with E-state index in [1.54, 1.807) is 0 Å². The van der Waals surface area contributed by atoms with Crippen molar-refractivity contribution in [2.24, 2.45) is 5.73 Å².